The van der Waals surface area contributed by atoms with E-state index in [2.05, 4.69) is 15.3 Å². The Hall–Kier alpha value is -2.76. The van der Waals surface area contributed by atoms with E-state index >= 15 is 0 Å². The fraction of sp³-hybridized carbons (Fsp3) is 0.250. The van der Waals surface area contributed by atoms with Crippen LogP contribution >= 0.6 is 0 Å². The molecule has 0 saturated carbocycles. The van der Waals surface area contributed by atoms with Gasteiger partial charge in [-0.15, -0.1) is 0 Å². The number of pyridine rings is 2. The molecule has 2 heterocycles. The van der Waals surface area contributed by atoms with Gasteiger partial charge in [0, 0.05) is 18.6 Å². The normalized spacial score (nSPS) is 10.9. The van der Waals surface area contributed by atoms with Crippen LogP contribution in [0.4, 0.5) is 5.82 Å². The average molecular weight is 299 g/mol. The molecule has 1 amide bonds. The van der Waals surface area contributed by atoms with Crippen LogP contribution in [0.5, 0.6) is 0 Å². The minimum atomic E-state index is -0.627. The highest BCUT2D eigenvalue weighted by Crippen LogP contribution is 2.18. The molecule has 2 rings (SSSR count). The van der Waals surface area contributed by atoms with Crippen molar-refractivity contribution in [1.82, 2.24) is 9.97 Å². The van der Waals surface area contributed by atoms with E-state index in [1.54, 1.807) is 51.2 Å². The van der Waals surface area contributed by atoms with Crippen molar-refractivity contribution in [2.75, 3.05) is 5.32 Å². The Morgan fingerprint density at radius 3 is 2.50 bits per heavy atom. The van der Waals surface area contributed by atoms with Crippen LogP contribution in [0.15, 0.2) is 42.9 Å². The molecular formula is C16H17N3O3. The molecule has 0 radical (unpaired) electrons. The number of aromatic nitrogens is 2. The number of nitrogens with zero attached hydrogens (tertiary/aromatic N) is 2. The Kier molecular flexibility index (Phi) is 4.50. The van der Waals surface area contributed by atoms with Crippen molar-refractivity contribution in [2.45, 2.75) is 26.4 Å². The summed E-state index contributed by atoms with van der Waals surface area (Å²) in [7, 11) is 0. The summed E-state index contributed by atoms with van der Waals surface area (Å²) in [5.41, 5.74) is -0.0460. The van der Waals surface area contributed by atoms with Gasteiger partial charge in [-0.2, -0.15) is 0 Å². The van der Waals surface area contributed by atoms with E-state index < -0.39 is 17.5 Å². The minimum Gasteiger partial charge on any atom is -0.456 e. The lowest BCUT2D eigenvalue weighted by Gasteiger charge is -2.20. The molecule has 0 fully saturated rings. The zero-order valence-electron chi connectivity index (χ0n) is 12.7. The molecule has 6 heteroatoms. The Morgan fingerprint density at radius 1 is 1.14 bits per heavy atom. The molecule has 2 aromatic rings. The van der Waals surface area contributed by atoms with Crippen molar-refractivity contribution in [2.24, 2.45) is 0 Å². The Morgan fingerprint density at radius 2 is 1.86 bits per heavy atom. The van der Waals surface area contributed by atoms with Gasteiger partial charge >= 0.3 is 5.97 Å². The third kappa shape index (κ3) is 4.12. The van der Waals surface area contributed by atoms with Gasteiger partial charge in [-0.1, -0.05) is 0 Å². The smallest absolute Gasteiger partial charge is 0.342 e. The lowest BCUT2D eigenvalue weighted by atomic mass is 10.2. The third-order valence-electron chi connectivity index (χ3n) is 2.58. The molecule has 0 saturated heterocycles. The fourth-order valence-electron chi connectivity index (χ4n) is 1.68. The zero-order chi connectivity index (χ0) is 16.2. The quantitative estimate of drug-likeness (QED) is 0.881. The monoisotopic (exact) mass is 299 g/mol. The number of nitrogens with one attached hydrogen (secondary N) is 1. The van der Waals surface area contributed by atoms with Gasteiger partial charge in [-0.3, -0.25) is 9.78 Å². The highest BCUT2D eigenvalue weighted by atomic mass is 16.6. The number of rotatable bonds is 3. The first-order valence-corrected chi connectivity index (χ1v) is 6.76. The van der Waals surface area contributed by atoms with Gasteiger partial charge in [-0.25, -0.2) is 9.78 Å². The van der Waals surface area contributed by atoms with E-state index in [9.17, 15) is 9.59 Å². The van der Waals surface area contributed by atoms with Crippen molar-refractivity contribution in [3.8, 4) is 0 Å². The molecule has 0 bridgehead atoms. The van der Waals surface area contributed by atoms with Crippen molar-refractivity contribution in [3.63, 3.8) is 0 Å². The molecule has 2 aromatic heterocycles. The molecule has 0 atom stereocenters. The summed E-state index contributed by atoms with van der Waals surface area (Å²) in [6.07, 6.45) is 4.50. The predicted molar refractivity (Wildman–Crippen MR) is 81.6 cm³/mol. The second-order valence-corrected chi connectivity index (χ2v) is 5.60. The Labute approximate surface area is 128 Å². The van der Waals surface area contributed by atoms with Gasteiger partial charge in [0.2, 0.25) is 0 Å². The second-order valence-electron chi connectivity index (χ2n) is 5.60. The van der Waals surface area contributed by atoms with Crippen molar-refractivity contribution in [1.29, 1.82) is 0 Å². The molecule has 6 nitrogen and oxygen atoms in total. The highest BCUT2D eigenvalue weighted by Gasteiger charge is 2.21. The molecule has 0 spiro atoms. The first-order valence-electron chi connectivity index (χ1n) is 6.76. The van der Waals surface area contributed by atoms with Crippen molar-refractivity contribution < 1.29 is 14.3 Å². The van der Waals surface area contributed by atoms with Gasteiger partial charge < -0.3 is 10.1 Å². The van der Waals surface area contributed by atoms with Crippen molar-refractivity contribution >= 4 is 17.7 Å². The van der Waals surface area contributed by atoms with Gasteiger partial charge in [0.25, 0.3) is 5.91 Å². The van der Waals surface area contributed by atoms with E-state index in [1.165, 1.54) is 12.4 Å². The summed E-state index contributed by atoms with van der Waals surface area (Å²) in [5.74, 6) is -0.774. The molecule has 22 heavy (non-hydrogen) atoms. The van der Waals surface area contributed by atoms with Crippen LogP contribution in [0.3, 0.4) is 0 Å². The maximum absolute atomic E-state index is 12.2. The molecule has 0 aliphatic rings. The summed E-state index contributed by atoms with van der Waals surface area (Å²) >= 11 is 0. The van der Waals surface area contributed by atoms with E-state index in [4.69, 9.17) is 4.74 Å². The molecule has 0 unspecified atom stereocenters. The second kappa shape index (κ2) is 6.34. The Balaban J connectivity index is 2.22. The van der Waals surface area contributed by atoms with E-state index in [0.29, 0.717) is 5.56 Å². The van der Waals surface area contributed by atoms with Crippen LogP contribution in [-0.2, 0) is 4.74 Å². The van der Waals surface area contributed by atoms with Crippen LogP contribution in [0, 0.1) is 0 Å². The van der Waals surface area contributed by atoms with Crippen LogP contribution in [-0.4, -0.2) is 27.4 Å². The van der Waals surface area contributed by atoms with E-state index in [1.807, 2.05) is 0 Å². The summed E-state index contributed by atoms with van der Waals surface area (Å²) in [6, 6.07) is 6.44. The van der Waals surface area contributed by atoms with Gasteiger partial charge in [0.05, 0.1) is 5.56 Å². The topological polar surface area (TPSA) is 81.2 Å². The molecule has 0 aliphatic heterocycles. The maximum Gasteiger partial charge on any atom is 0.342 e. The minimum absolute atomic E-state index is 0.158. The van der Waals surface area contributed by atoms with E-state index in [0.717, 1.165) is 0 Å². The number of carbonyl (C=O) groups is 2. The predicted octanol–water partition coefficient (Wildman–Crippen LogP) is 2.68. The van der Waals surface area contributed by atoms with Gasteiger partial charge in [0.1, 0.15) is 17.0 Å². The molecule has 0 aliphatic carbocycles. The number of amides is 1. The average Bonchev–Trinajstić information content (AvgIpc) is 2.47. The largest absolute Gasteiger partial charge is 0.456 e. The fourth-order valence-corrected chi connectivity index (χ4v) is 1.68. The number of hydrogen-bond acceptors (Lipinski definition) is 5. The SMILES string of the molecule is CC(C)(C)OC(=O)c1cccnc1NC(=O)c1cccnc1. The lowest BCUT2D eigenvalue weighted by molar-refractivity contribution is 0.00704. The summed E-state index contributed by atoms with van der Waals surface area (Å²) < 4.78 is 5.31. The summed E-state index contributed by atoms with van der Waals surface area (Å²) in [5, 5.41) is 2.60. The zero-order valence-corrected chi connectivity index (χ0v) is 12.7. The van der Waals surface area contributed by atoms with Crippen LogP contribution in [0.25, 0.3) is 0 Å². The number of carbonyl (C=O) groups excluding carboxylic acids is 2. The number of hydrogen-bond donors (Lipinski definition) is 1. The van der Waals surface area contributed by atoms with Gasteiger partial charge in [0.15, 0.2) is 0 Å². The van der Waals surface area contributed by atoms with E-state index in [-0.39, 0.29) is 11.4 Å². The number of ether oxygens (including phenoxy) is 1. The van der Waals surface area contributed by atoms with Crippen LogP contribution < -0.4 is 5.32 Å². The number of esters is 1. The first-order chi connectivity index (χ1) is 10.4. The summed E-state index contributed by atoms with van der Waals surface area (Å²) in [4.78, 5) is 32.2. The highest BCUT2D eigenvalue weighted by molar-refractivity contribution is 6.07. The summed E-state index contributed by atoms with van der Waals surface area (Å²) in [6.45, 7) is 5.32. The van der Waals surface area contributed by atoms with Crippen LogP contribution in [0.1, 0.15) is 41.5 Å². The molecular weight excluding hydrogens is 282 g/mol. The van der Waals surface area contributed by atoms with Crippen molar-refractivity contribution in [3.05, 3.63) is 54.0 Å². The molecule has 114 valence electrons. The first kappa shape index (κ1) is 15.6. The number of anilines is 1. The third-order valence-corrected chi connectivity index (χ3v) is 2.58. The lowest BCUT2D eigenvalue weighted by Crippen LogP contribution is -2.25. The maximum atomic E-state index is 12.2. The van der Waals surface area contributed by atoms with Crippen LogP contribution in [0.2, 0.25) is 0 Å². The van der Waals surface area contributed by atoms with Gasteiger partial charge in [-0.05, 0) is 45.0 Å². The Bertz CT molecular complexity index is 679. The molecule has 0 aromatic carbocycles. The molecule has 1 N–H and O–H groups in total. The standard InChI is InChI=1S/C16H17N3O3/c1-16(2,3)22-15(21)12-7-5-9-18-13(12)19-14(20)11-6-4-8-17-10-11/h4-10H,1-3H3,(H,18,19,20).